The van der Waals surface area contributed by atoms with Crippen LogP contribution in [0, 0.1) is 11.3 Å². The second kappa shape index (κ2) is 4.02. The Morgan fingerprint density at radius 3 is 2.62 bits per heavy atom. The molecular formula is C14H16N2. The highest BCUT2D eigenvalue weighted by atomic mass is 15.0. The summed E-state index contributed by atoms with van der Waals surface area (Å²) in [5.41, 5.74) is 3.52. The number of nitriles is 1. The Bertz CT molecular complexity index is 462. The molecular weight excluding hydrogens is 196 g/mol. The van der Waals surface area contributed by atoms with Crippen molar-refractivity contribution in [2.45, 2.75) is 32.1 Å². The number of fused-ring (bicyclic) bond motifs is 1. The van der Waals surface area contributed by atoms with Crippen LogP contribution in [0.15, 0.2) is 36.0 Å². The average molecular weight is 212 g/mol. The molecule has 1 aliphatic heterocycles. The third-order valence-corrected chi connectivity index (χ3v) is 3.64. The maximum atomic E-state index is 8.86. The molecule has 0 radical (unpaired) electrons. The van der Waals surface area contributed by atoms with Crippen LogP contribution in [0.2, 0.25) is 0 Å². The van der Waals surface area contributed by atoms with Gasteiger partial charge in [-0.2, -0.15) is 5.26 Å². The summed E-state index contributed by atoms with van der Waals surface area (Å²) >= 11 is 0. The minimum absolute atomic E-state index is 0.00627. The van der Waals surface area contributed by atoms with E-state index in [4.69, 9.17) is 5.26 Å². The highest BCUT2D eigenvalue weighted by Gasteiger charge is 2.39. The smallest absolute Gasteiger partial charge is 0.0930 e. The van der Waals surface area contributed by atoms with Crippen molar-refractivity contribution in [3.63, 3.8) is 0 Å². The maximum Gasteiger partial charge on any atom is 0.0930 e. The summed E-state index contributed by atoms with van der Waals surface area (Å²) in [6, 6.07) is 10.5. The second-order valence-corrected chi connectivity index (χ2v) is 4.15. The summed E-state index contributed by atoms with van der Waals surface area (Å²) in [6.45, 7) is 4.36. The molecule has 16 heavy (non-hydrogen) atoms. The first-order valence-corrected chi connectivity index (χ1v) is 5.75. The number of allylic oxidation sites excluding steroid dienone is 2. The summed E-state index contributed by atoms with van der Waals surface area (Å²) in [7, 11) is 0. The van der Waals surface area contributed by atoms with E-state index in [1.165, 1.54) is 5.56 Å². The van der Waals surface area contributed by atoms with E-state index in [0.717, 1.165) is 24.2 Å². The predicted octanol–water partition coefficient (Wildman–Crippen LogP) is 3.58. The molecule has 1 aromatic carbocycles. The number of nitrogens with zero attached hydrogens (tertiary/aromatic N) is 1. The highest BCUT2D eigenvalue weighted by Crippen LogP contribution is 2.47. The molecule has 1 heterocycles. The Morgan fingerprint density at radius 1 is 1.31 bits per heavy atom. The van der Waals surface area contributed by atoms with E-state index in [1.807, 2.05) is 6.07 Å². The van der Waals surface area contributed by atoms with Crippen LogP contribution in [0.25, 0.3) is 0 Å². The lowest BCUT2D eigenvalue weighted by molar-refractivity contribution is 0.486. The topological polar surface area (TPSA) is 35.8 Å². The zero-order chi connectivity index (χ0) is 11.6. The van der Waals surface area contributed by atoms with Crippen LogP contribution >= 0.6 is 0 Å². The van der Waals surface area contributed by atoms with E-state index in [-0.39, 0.29) is 5.41 Å². The molecule has 0 atom stereocenters. The van der Waals surface area contributed by atoms with Gasteiger partial charge in [-0.1, -0.05) is 32.0 Å². The quantitative estimate of drug-likeness (QED) is 0.760. The van der Waals surface area contributed by atoms with Gasteiger partial charge in [0.2, 0.25) is 0 Å². The predicted molar refractivity (Wildman–Crippen MR) is 66.0 cm³/mol. The van der Waals surface area contributed by atoms with Gasteiger partial charge in [-0.3, -0.25) is 0 Å². The summed E-state index contributed by atoms with van der Waals surface area (Å²) in [6.07, 6.45) is 3.68. The summed E-state index contributed by atoms with van der Waals surface area (Å²) in [5.74, 6) is 0. The number of hydrogen-bond acceptors (Lipinski definition) is 2. The maximum absolute atomic E-state index is 8.86. The molecule has 0 fully saturated rings. The van der Waals surface area contributed by atoms with Crippen molar-refractivity contribution >= 4 is 5.69 Å². The van der Waals surface area contributed by atoms with Gasteiger partial charge in [0, 0.05) is 22.9 Å². The first-order valence-electron chi connectivity index (χ1n) is 5.75. The van der Waals surface area contributed by atoms with Crippen LogP contribution in [0.3, 0.4) is 0 Å². The van der Waals surface area contributed by atoms with Gasteiger partial charge in [0.1, 0.15) is 0 Å². The summed E-state index contributed by atoms with van der Waals surface area (Å²) in [5, 5.41) is 12.2. The Balaban J connectivity index is 2.61. The van der Waals surface area contributed by atoms with Gasteiger partial charge < -0.3 is 5.32 Å². The van der Waals surface area contributed by atoms with Crippen molar-refractivity contribution in [1.82, 2.24) is 0 Å². The van der Waals surface area contributed by atoms with Crippen molar-refractivity contribution in [3.05, 3.63) is 41.6 Å². The lowest BCUT2D eigenvalue weighted by Crippen LogP contribution is -2.24. The second-order valence-electron chi connectivity index (χ2n) is 4.15. The first kappa shape index (κ1) is 10.8. The number of benzene rings is 1. The summed E-state index contributed by atoms with van der Waals surface area (Å²) in [4.78, 5) is 0. The molecule has 0 saturated carbocycles. The molecule has 0 aromatic heterocycles. The lowest BCUT2D eigenvalue weighted by atomic mass is 9.75. The molecule has 0 unspecified atom stereocenters. The highest BCUT2D eigenvalue weighted by molar-refractivity contribution is 5.68. The van der Waals surface area contributed by atoms with Crippen molar-refractivity contribution in [3.8, 4) is 6.07 Å². The first-order chi connectivity index (χ1) is 7.78. The molecule has 0 amide bonds. The van der Waals surface area contributed by atoms with E-state index in [9.17, 15) is 0 Å². The van der Waals surface area contributed by atoms with Crippen molar-refractivity contribution in [2.75, 3.05) is 5.32 Å². The molecule has 0 bridgehead atoms. The molecule has 2 heteroatoms. The number of anilines is 1. The normalized spacial score (nSPS) is 18.9. The lowest BCUT2D eigenvalue weighted by Gasteiger charge is -2.27. The van der Waals surface area contributed by atoms with E-state index < -0.39 is 0 Å². The fourth-order valence-electron chi connectivity index (χ4n) is 2.67. The van der Waals surface area contributed by atoms with Gasteiger partial charge in [-0.15, -0.1) is 0 Å². The van der Waals surface area contributed by atoms with Gasteiger partial charge >= 0.3 is 0 Å². The van der Waals surface area contributed by atoms with E-state index >= 15 is 0 Å². The van der Waals surface area contributed by atoms with Gasteiger partial charge in [0.05, 0.1) is 6.07 Å². The molecule has 0 spiro atoms. The Kier molecular flexibility index (Phi) is 2.70. The minimum Gasteiger partial charge on any atom is -0.357 e. The standard InChI is InChI=1S/C14H16N2/c1-3-14(4-2)11-7-5-6-8-12(11)16-13(14)9-10-15/h5-9,16H,3-4H2,1-2H3/b13-9-. The van der Waals surface area contributed by atoms with Crippen LogP contribution in [0.1, 0.15) is 32.3 Å². The van der Waals surface area contributed by atoms with Crippen molar-refractivity contribution < 1.29 is 0 Å². The van der Waals surface area contributed by atoms with Crippen LogP contribution in [0.4, 0.5) is 5.69 Å². The number of hydrogen-bond donors (Lipinski definition) is 1. The molecule has 2 rings (SSSR count). The van der Waals surface area contributed by atoms with Gasteiger partial charge in [-0.25, -0.2) is 0 Å². The van der Waals surface area contributed by atoms with Gasteiger partial charge in [0.25, 0.3) is 0 Å². The molecule has 2 nitrogen and oxygen atoms in total. The minimum atomic E-state index is 0.00627. The Morgan fingerprint density at radius 2 is 2.00 bits per heavy atom. The van der Waals surface area contributed by atoms with Crippen LogP contribution < -0.4 is 5.32 Å². The van der Waals surface area contributed by atoms with Gasteiger partial charge in [-0.05, 0) is 24.5 Å². The molecule has 1 aliphatic rings. The summed E-state index contributed by atoms with van der Waals surface area (Å²) < 4.78 is 0. The third kappa shape index (κ3) is 1.32. The molecule has 82 valence electrons. The number of para-hydroxylation sites is 1. The largest absolute Gasteiger partial charge is 0.357 e. The van der Waals surface area contributed by atoms with E-state index in [1.54, 1.807) is 6.08 Å². The van der Waals surface area contributed by atoms with Gasteiger partial charge in [0.15, 0.2) is 0 Å². The Hall–Kier alpha value is -1.75. The van der Waals surface area contributed by atoms with Crippen molar-refractivity contribution in [1.29, 1.82) is 5.26 Å². The fourth-order valence-corrected chi connectivity index (χ4v) is 2.67. The fraction of sp³-hybridized carbons (Fsp3) is 0.357. The monoisotopic (exact) mass is 212 g/mol. The molecule has 0 aliphatic carbocycles. The van der Waals surface area contributed by atoms with Crippen LogP contribution in [0.5, 0.6) is 0 Å². The Labute approximate surface area is 96.6 Å². The third-order valence-electron chi connectivity index (χ3n) is 3.64. The molecule has 1 aromatic rings. The van der Waals surface area contributed by atoms with E-state index in [2.05, 4.69) is 43.4 Å². The van der Waals surface area contributed by atoms with Crippen LogP contribution in [-0.2, 0) is 5.41 Å². The van der Waals surface area contributed by atoms with Crippen LogP contribution in [-0.4, -0.2) is 0 Å². The number of nitrogens with one attached hydrogen (secondary N) is 1. The zero-order valence-electron chi connectivity index (χ0n) is 9.75. The SMILES string of the molecule is CCC1(CC)/C(=C/C#N)Nc2ccccc21. The molecule has 1 N–H and O–H groups in total. The van der Waals surface area contributed by atoms with Crippen molar-refractivity contribution in [2.24, 2.45) is 0 Å². The zero-order valence-corrected chi connectivity index (χ0v) is 9.75. The number of rotatable bonds is 2. The van der Waals surface area contributed by atoms with E-state index in [0.29, 0.717) is 0 Å². The molecule has 0 saturated heterocycles. The average Bonchev–Trinajstić information content (AvgIpc) is 2.64.